The number of methoxy groups -OCH3 is 2. The molecule has 0 aromatic heterocycles. The van der Waals surface area contributed by atoms with Crippen molar-refractivity contribution in [3.05, 3.63) is 52.6 Å². The fourth-order valence-electron chi connectivity index (χ4n) is 2.65. The monoisotopic (exact) mass is 321 g/mol. The second kappa shape index (κ2) is 7.39. The van der Waals surface area contributed by atoms with Crippen molar-refractivity contribution < 1.29 is 9.47 Å². The van der Waals surface area contributed by atoms with Gasteiger partial charge in [0.15, 0.2) is 11.5 Å². The maximum absolute atomic E-state index is 9.29. The number of benzene rings is 2. The highest BCUT2D eigenvalue weighted by atomic mass is 16.5. The fourth-order valence-corrected chi connectivity index (χ4v) is 2.65. The van der Waals surface area contributed by atoms with Crippen LogP contribution in [0.1, 0.15) is 35.2 Å². The molecule has 0 spiro atoms. The number of ether oxygens (including phenoxy) is 2. The minimum Gasteiger partial charge on any atom is -0.493 e. The van der Waals surface area contributed by atoms with E-state index in [4.69, 9.17) is 9.47 Å². The van der Waals surface area contributed by atoms with E-state index >= 15 is 0 Å². The fraction of sp³-hybridized carbons (Fsp3) is 0.263. The molecule has 2 rings (SSSR count). The molecule has 0 aliphatic heterocycles. The third kappa shape index (κ3) is 3.26. The number of hydrogen-bond acceptors (Lipinski definition) is 5. The lowest BCUT2D eigenvalue weighted by molar-refractivity contribution is 0.354. The van der Waals surface area contributed by atoms with Crippen molar-refractivity contribution in [3.8, 4) is 23.6 Å². The normalized spacial score (nSPS) is 11.1. The number of hydrogen-bond donors (Lipinski definition) is 1. The summed E-state index contributed by atoms with van der Waals surface area (Å²) in [6.07, 6.45) is 0. The Hall–Kier alpha value is -3.18. The maximum Gasteiger partial charge on any atom is 0.161 e. The first-order valence-electron chi connectivity index (χ1n) is 7.48. The molecule has 2 aromatic rings. The minimum atomic E-state index is -0.119. The summed E-state index contributed by atoms with van der Waals surface area (Å²) in [5, 5.41) is 21.9. The highest BCUT2D eigenvalue weighted by molar-refractivity contribution is 5.67. The van der Waals surface area contributed by atoms with E-state index in [0.29, 0.717) is 28.3 Å². The molecule has 1 atom stereocenters. The molecule has 0 fully saturated rings. The van der Waals surface area contributed by atoms with Gasteiger partial charge in [0, 0.05) is 6.04 Å². The lowest BCUT2D eigenvalue weighted by Crippen LogP contribution is -2.11. The Morgan fingerprint density at radius 2 is 1.54 bits per heavy atom. The average Bonchev–Trinajstić information content (AvgIpc) is 2.61. The predicted molar refractivity (Wildman–Crippen MR) is 92.2 cm³/mol. The third-order valence-corrected chi connectivity index (χ3v) is 3.90. The van der Waals surface area contributed by atoms with Gasteiger partial charge in [0.1, 0.15) is 12.1 Å². The Bertz CT molecular complexity index is 799. The number of para-hydroxylation sites is 1. The number of nitrogens with zero attached hydrogens (tertiary/aromatic N) is 2. The van der Waals surface area contributed by atoms with Gasteiger partial charge in [-0.15, -0.1) is 0 Å². The molecule has 0 radical (unpaired) electrons. The van der Waals surface area contributed by atoms with Crippen molar-refractivity contribution >= 4 is 5.69 Å². The van der Waals surface area contributed by atoms with Crippen LogP contribution in [0, 0.1) is 29.6 Å². The van der Waals surface area contributed by atoms with E-state index in [1.54, 1.807) is 32.4 Å². The van der Waals surface area contributed by atoms with E-state index in [1.165, 1.54) is 0 Å². The summed E-state index contributed by atoms with van der Waals surface area (Å²) in [4.78, 5) is 0. The van der Waals surface area contributed by atoms with Gasteiger partial charge in [-0.3, -0.25) is 0 Å². The maximum atomic E-state index is 9.29. The van der Waals surface area contributed by atoms with Crippen molar-refractivity contribution in [1.29, 1.82) is 10.5 Å². The summed E-state index contributed by atoms with van der Waals surface area (Å²) in [6.45, 7) is 3.96. The van der Waals surface area contributed by atoms with Crippen LogP contribution >= 0.6 is 0 Å². The molecule has 5 heteroatoms. The lowest BCUT2D eigenvalue weighted by atomic mass is 10.00. The zero-order valence-electron chi connectivity index (χ0n) is 14.2. The second-order valence-electron chi connectivity index (χ2n) is 5.38. The van der Waals surface area contributed by atoms with Gasteiger partial charge in [0.2, 0.25) is 0 Å². The van der Waals surface area contributed by atoms with Gasteiger partial charge in [0.25, 0.3) is 0 Å². The Morgan fingerprint density at radius 1 is 1.00 bits per heavy atom. The molecule has 0 aliphatic rings. The molecule has 0 heterocycles. The van der Waals surface area contributed by atoms with Crippen LogP contribution in [0.25, 0.3) is 0 Å². The van der Waals surface area contributed by atoms with Crippen molar-refractivity contribution in [1.82, 2.24) is 0 Å². The summed E-state index contributed by atoms with van der Waals surface area (Å²) in [7, 11) is 3.19. The molecule has 0 bridgehead atoms. The van der Waals surface area contributed by atoms with Crippen LogP contribution in [0.4, 0.5) is 5.69 Å². The second-order valence-corrected chi connectivity index (χ2v) is 5.38. The number of nitriles is 2. The minimum absolute atomic E-state index is 0.119. The summed E-state index contributed by atoms with van der Waals surface area (Å²) in [5.41, 5.74) is 3.46. The van der Waals surface area contributed by atoms with Crippen molar-refractivity contribution in [3.63, 3.8) is 0 Å². The van der Waals surface area contributed by atoms with Crippen molar-refractivity contribution in [2.45, 2.75) is 19.9 Å². The predicted octanol–water partition coefficient (Wildman–Crippen LogP) is 3.93. The first-order valence-corrected chi connectivity index (χ1v) is 7.48. The van der Waals surface area contributed by atoms with Gasteiger partial charge in [-0.2, -0.15) is 10.5 Å². The van der Waals surface area contributed by atoms with E-state index in [0.717, 1.165) is 11.1 Å². The van der Waals surface area contributed by atoms with Gasteiger partial charge in [-0.25, -0.2) is 0 Å². The molecule has 2 aromatic carbocycles. The molecule has 1 N–H and O–H groups in total. The van der Waals surface area contributed by atoms with Crippen LogP contribution in [0.3, 0.4) is 0 Å². The van der Waals surface area contributed by atoms with Crippen LogP contribution in [-0.2, 0) is 0 Å². The lowest BCUT2D eigenvalue weighted by Gasteiger charge is -2.21. The molecule has 0 amide bonds. The first-order chi connectivity index (χ1) is 11.5. The summed E-state index contributed by atoms with van der Waals surface area (Å²) < 4.78 is 10.7. The Kier molecular flexibility index (Phi) is 5.29. The number of rotatable bonds is 5. The molecule has 24 heavy (non-hydrogen) atoms. The molecular formula is C19H19N3O2. The van der Waals surface area contributed by atoms with E-state index in [-0.39, 0.29) is 6.04 Å². The zero-order chi connectivity index (χ0) is 17.7. The third-order valence-electron chi connectivity index (χ3n) is 3.90. The highest BCUT2D eigenvalue weighted by Gasteiger charge is 2.16. The molecule has 5 nitrogen and oxygen atoms in total. The quantitative estimate of drug-likeness (QED) is 0.902. The van der Waals surface area contributed by atoms with E-state index < -0.39 is 0 Å². The standard InChI is InChI=1S/C19H19N3O2/c1-12-8-17(23-3)18(24-4)9-16(12)13(2)22-19-14(10-20)6-5-7-15(19)11-21/h5-9,13,22H,1-4H3. The SMILES string of the molecule is COc1cc(C)c(C(C)Nc2c(C#N)cccc2C#N)cc1OC. The summed E-state index contributed by atoms with van der Waals surface area (Å²) >= 11 is 0. The van der Waals surface area contributed by atoms with E-state index in [1.807, 2.05) is 26.0 Å². The number of nitrogens with one attached hydrogen (secondary N) is 1. The number of anilines is 1. The largest absolute Gasteiger partial charge is 0.493 e. The highest BCUT2D eigenvalue weighted by Crippen LogP contribution is 2.34. The van der Waals surface area contributed by atoms with Crippen molar-refractivity contribution in [2.24, 2.45) is 0 Å². The van der Waals surface area contributed by atoms with Crippen LogP contribution in [0.2, 0.25) is 0 Å². The zero-order valence-corrected chi connectivity index (χ0v) is 14.2. The van der Waals surface area contributed by atoms with Gasteiger partial charge in [0.05, 0.1) is 31.0 Å². The van der Waals surface area contributed by atoms with Gasteiger partial charge < -0.3 is 14.8 Å². The van der Waals surface area contributed by atoms with E-state index in [9.17, 15) is 10.5 Å². The Labute approximate surface area is 142 Å². The molecule has 0 aliphatic carbocycles. The van der Waals surface area contributed by atoms with Crippen molar-refractivity contribution in [2.75, 3.05) is 19.5 Å². The van der Waals surface area contributed by atoms with Crippen LogP contribution < -0.4 is 14.8 Å². The molecule has 1 unspecified atom stereocenters. The molecule has 0 saturated carbocycles. The molecule has 122 valence electrons. The first kappa shape index (κ1) is 17.2. The number of aryl methyl sites for hydroxylation is 1. The Morgan fingerprint density at radius 3 is 2.04 bits per heavy atom. The van der Waals surface area contributed by atoms with Gasteiger partial charge in [-0.05, 0) is 49.2 Å². The van der Waals surface area contributed by atoms with Crippen LogP contribution in [0.5, 0.6) is 11.5 Å². The topological polar surface area (TPSA) is 78.1 Å². The Balaban J connectivity index is 2.44. The smallest absolute Gasteiger partial charge is 0.161 e. The molecule has 0 saturated heterocycles. The molecular weight excluding hydrogens is 302 g/mol. The van der Waals surface area contributed by atoms with Gasteiger partial charge in [-0.1, -0.05) is 6.07 Å². The summed E-state index contributed by atoms with van der Waals surface area (Å²) in [6, 6.07) is 13.0. The summed E-state index contributed by atoms with van der Waals surface area (Å²) in [5.74, 6) is 1.31. The van der Waals surface area contributed by atoms with Crippen LogP contribution in [-0.4, -0.2) is 14.2 Å². The average molecular weight is 321 g/mol. The van der Waals surface area contributed by atoms with Crippen LogP contribution in [0.15, 0.2) is 30.3 Å². The van der Waals surface area contributed by atoms with Gasteiger partial charge >= 0.3 is 0 Å². The van der Waals surface area contributed by atoms with E-state index in [2.05, 4.69) is 17.5 Å².